The number of nitrogens with one attached hydrogen (secondary N) is 1. The maximum atomic E-state index is 5.65. The van der Waals surface area contributed by atoms with E-state index in [1.807, 2.05) is 18.9 Å². The predicted octanol–water partition coefficient (Wildman–Crippen LogP) is 0.735. The van der Waals surface area contributed by atoms with Crippen LogP contribution in [0.15, 0.2) is 12.4 Å². The molecule has 0 aromatic heterocycles. The summed E-state index contributed by atoms with van der Waals surface area (Å²) in [4.78, 5) is 2.03. The molecule has 0 saturated carbocycles. The molecule has 72 valence electrons. The number of hydrogen-bond donors (Lipinski definition) is 2. The standard InChI is InChI=1S/C9H21N3/c1-7(2)11-9(4)12(5)6-8(3)10/h7-8,11H,4,6,10H2,1-3,5H3. The van der Waals surface area contributed by atoms with Crippen molar-refractivity contribution in [2.75, 3.05) is 13.6 Å². The zero-order valence-electron chi connectivity index (χ0n) is 8.59. The van der Waals surface area contributed by atoms with Gasteiger partial charge >= 0.3 is 0 Å². The van der Waals surface area contributed by atoms with E-state index in [0.29, 0.717) is 6.04 Å². The van der Waals surface area contributed by atoms with E-state index in [1.165, 1.54) is 0 Å². The molecule has 1 unspecified atom stereocenters. The molecule has 0 aliphatic rings. The molecule has 0 rings (SSSR count). The van der Waals surface area contributed by atoms with Crippen molar-refractivity contribution < 1.29 is 0 Å². The largest absolute Gasteiger partial charge is 0.370 e. The first kappa shape index (κ1) is 11.3. The van der Waals surface area contributed by atoms with Crippen molar-refractivity contribution >= 4 is 0 Å². The minimum atomic E-state index is 0.181. The first-order valence-corrected chi connectivity index (χ1v) is 4.35. The van der Waals surface area contributed by atoms with Gasteiger partial charge in [-0.15, -0.1) is 0 Å². The highest BCUT2D eigenvalue weighted by molar-refractivity contribution is 4.91. The van der Waals surface area contributed by atoms with Gasteiger partial charge in [0, 0.05) is 25.7 Å². The summed E-state index contributed by atoms with van der Waals surface area (Å²) in [5.74, 6) is 0.933. The lowest BCUT2D eigenvalue weighted by Crippen LogP contribution is -2.38. The summed E-state index contributed by atoms with van der Waals surface area (Å²) in [6.45, 7) is 10.9. The lowest BCUT2D eigenvalue weighted by Gasteiger charge is -2.25. The monoisotopic (exact) mass is 171 g/mol. The van der Waals surface area contributed by atoms with E-state index in [2.05, 4.69) is 25.7 Å². The number of rotatable bonds is 5. The van der Waals surface area contributed by atoms with Crippen molar-refractivity contribution in [1.82, 2.24) is 10.2 Å². The summed E-state index contributed by atoms with van der Waals surface area (Å²) in [7, 11) is 1.99. The molecule has 0 amide bonds. The molecule has 1 atom stereocenters. The van der Waals surface area contributed by atoms with Crippen LogP contribution in [0.3, 0.4) is 0 Å². The van der Waals surface area contributed by atoms with E-state index in [1.54, 1.807) is 0 Å². The number of hydrogen-bond acceptors (Lipinski definition) is 3. The molecular formula is C9H21N3. The van der Waals surface area contributed by atoms with Crippen molar-refractivity contribution in [3.63, 3.8) is 0 Å². The van der Waals surface area contributed by atoms with E-state index >= 15 is 0 Å². The molecule has 0 spiro atoms. The first-order valence-electron chi connectivity index (χ1n) is 4.35. The molecule has 0 fully saturated rings. The maximum absolute atomic E-state index is 5.65. The second-order valence-electron chi connectivity index (χ2n) is 3.60. The summed E-state index contributed by atoms with van der Waals surface area (Å²) in [6.07, 6.45) is 0. The van der Waals surface area contributed by atoms with Gasteiger partial charge in [-0.25, -0.2) is 0 Å². The first-order chi connectivity index (χ1) is 5.43. The van der Waals surface area contributed by atoms with Crippen molar-refractivity contribution in [2.45, 2.75) is 32.9 Å². The van der Waals surface area contributed by atoms with E-state index in [0.717, 1.165) is 12.4 Å². The van der Waals surface area contributed by atoms with Gasteiger partial charge in [0.1, 0.15) is 0 Å². The Morgan fingerprint density at radius 3 is 2.33 bits per heavy atom. The second-order valence-corrected chi connectivity index (χ2v) is 3.60. The number of likely N-dealkylation sites (N-methyl/N-ethyl adjacent to an activating group) is 1. The van der Waals surface area contributed by atoms with Crippen LogP contribution in [-0.2, 0) is 0 Å². The fourth-order valence-corrected chi connectivity index (χ4v) is 0.986. The highest BCUT2D eigenvalue weighted by atomic mass is 15.2. The van der Waals surface area contributed by atoms with E-state index in [-0.39, 0.29) is 6.04 Å². The molecule has 0 radical (unpaired) electrons. The minimum absolute atomic E-state index is 0.181. The molecule has 0 aromatic rings. The van der Waals surface area contributed by atoms with Gasteiger partial charge in [0.15, 0.2) is 0 Å². The van der Waals surface area contributed by atoms with Gasteiger partial charge in [0.2, 0.25) is 0 Å². The van der Waals surface area contributed by atoms with Crippen molar-refractivity contribution in [2.24, 2.45) is 5.73 Å². The van der Waals surface area contributed by atoms with E-state index in [9.17, 15) is 0 Å². The summed E-state index contributed by atoms with van der Waals surface area (Å²) in [6, 6.07) is 0.605. The van der Waals surface area contributed by atoms with Gasteiger partial charge in [-0.2, -0.15) is 0 Å². The third kappa shape index (κ3) is 5.02. The molecule has 0 aliphatic carbocycles. The summed E-state index contributed by atoms with van der Waals surface area (Å²) < 4.78 is 0. The maximum Gasteiger partial charge on any atom is 0.0938 e. The molecule has 3 heteroatoms. The fourth-order valence-electron chi connectivity index (χ4n) is 0.986. The van der Waals surface area contributed by atoms with Crippen LogP contribution in [0, 0.1) is 0 Å². The van der Waals surface area contributed by atoms with Crippen molar-refractivity contribution in [1.29, 1.82) is 0 Å². The molecule has 0 aromatic carbocycles. The average molecular weight is 171 g/mol. The highest BCUT2D eigenvalue weighted by Crippen LogP contribution is 1.96. The molecule has 12 heavy (non-hydrogen) atoms. The zero-order valence-corrected chi connectivity index (χ0v) is 8.59. The Kier molecular flexibility index (Phi) is 4.74. The lowest BCUT2D eigenvalue weighted by atomic mass is 10.3. The van der Waals surface area contributed by atoms with E-state index in [4.69, 9.17) is 5.73 Å². The topological polar surface area (TPSA) is 41.3 Å². The summed E-state index contributed by atoms with van der Waals surface area (Å²) in [5.41, 5.74) is 5.65. The molecule has 0 heterocycles. The quantitative estimate of drug-likeness (QED) is 0.641. The van der Waals surface area contributed by atoms with Crippen LogP contribution in [0.25, 0.3) is 0 Å². The molecular weight excluding hydrogens is 150 g/mol. The normalized spacial score (nSPS) is 12.8. The van der Waals surface area contributed by atoms with Crippen LogP contribution in [-0.4, -0.2) is 30.6 Å². The highest BCUT2D eigenvalue weighted by Gasteiger charge is 2.04. The van der Waals surface area contributed by atoms with Crippen LogP contribution in [0.1, 0.15) is 20.8 Å². The summed E-state index contributed by atoms with van der Waals surface area (Å²) >= 11 is 0. The molecule has 3 N–H and O–H groups in total. The Morgan fingerprint density at radius 2 is 2.00 bits per heavy atom. The second kappa shape index (κ2) is 5.04. The van der Waals surface area contributed by atoms with Gasteiger partial charge in [-0.1, -0.05) is 6.58 Å². The molecule has 0 saturated heterocycles. The Bertz CT molecular complexity index is 141. The fraction of sp³-hybridized carbons (Fsp3) is 0.778. The third-order valence-corrected chi connectivity index (χ3v) is 1.48. The van der Waals surface area contributed by atoms with Gasteiger partial charge in [0.05, 0.1) is 5.82 Å². The Balaban J connectivity index is 3.77. The molecule has 0 bridgehead atoms. The van der Waals surface area contributed by atoms with Gasteiger partial charge < -0.3 is 16.0 Å². The Labute approximate surface area is 75.6 Å². The van der Waals surface area contributed by atoms with Crippen LogP contribution < -0.4 is 11.1 Å². The molecule has 0 aliphatic heterocycles. The van der Waals surface area contributed by atoms with Gasteiger partial charge in [0.25, 0.3) is 0 Å². The number of nitrogens with zero attached hydrogens (tertiary/aromatic N) is 1. The van der Waals surface area contributed by atoms with Gasteiger partial charge in [-0.05, 0) is 20.8 Å². The third-order valence-electron chi connectivity index (χ3n) is 1.48. The van der Waals surface area contributed by atoms with Crippen LogP contribution in [0.2, 0.25) is 0 Å². The van der Waals surface area contributed by atoms with Crippen LogP contribution >= 0.6 is 0 Å². The van der Waals surface area contributed by atoms with Crippen LogP contribution in [0.4, 0.5) is 0 Å². The van der Waals surface area contributed by atoms with Crippen LogP contribution in [0.5, 0.6) is 0 Å². The van der Waals surface area contributed by atoms with Gasteiger partial charge in [-0.3, -0.25) is 0 Å². The Morgan fingerprint density at radius 1 is 1.50 bits per heavy atom. The minimum Gasteiger partial charge on any atom is -0.370 e. The van der Waals surface area contributed by atoms with Crippen molar-refractivity contribution in [3.8, 4) is 0 Å². The predicted molar refractivity (Wildman–Crippen MR) is 53.7 cm³/mol. The SMILES string of the molecule is C=C(NC(C)C)N(C)CC(C)N. The van der Waals surface area contributed by atoms with Crippen molar-refractivity contribution in [3.05, 3.63) is 12.4 Å². The lowest BCUT2D eigenvalue weighted by molar-refractivity contribution is 0.355. The summed E-state index contributed by atoms with van der Waals surface area (Å²) in [5, 5.41) is 3.22. The Hall–Kier alpha value is -0.700. The molecule has 3 nitrogen and oxygen atoms in total. The number of nitrogens with two attached hydrogens (primary N) is 1. The zero-order chi connectivity index (χ0) is 9.72. The smallest absolute Gasteiger partial charge is 0.0938 e. The van der Waals surface area contributed by atoms with E-state index < -0.39 is 0 Å². The average Bonchev–Trinajstić information content (AvgIpc) is 1.84.